The lowest BCUT2D eigenvalue weighted by molar-refractivity contribution is -0.140. The maximum absolute atomic E-state index is 13.7. The van der Waals surface area contributed by atoms with Gasteiger partial charge in [0.1, 0.15) is 17.3 Å². The Labute approximate surface area is 183 Å². The first kappa shape index (κ1) is 23.8. The van der Waals surface area contributed by atoms with Crippen molar-refractivity contribution >= 4 is 35.6 Å². The van der Waals surface area contributed by atoms with E-state index in [1.165, 1.54) is 25.3 Å². The van der Waals surface area contributed by atoms with Gasteiger partial charge in [0.15, 0.2) is 11.9 Å². The summed E-state index contributed by atoms with van der Waals surface area (Å²) in [5.41, 5.74) is 0. The van der Waals surface area contributed by atoms with Crippen LogP contribution in [0.3, 0.4) is 0 Å². The van der Waals surface area contributed by atoms with Crippen molar-refractivity contribution in [3.05, 3.63) is 47.4 Å². The lowest BCUT2D eigenvalue weighted by Crippen LogP contribution is -2.24. The molecule has 1 atom stereocenters. The second-order valence-corrected chi connectivity index (χ2v) is 7.14. The van der Waals surface area contributed by atoms with Gasteiger partial charge < -0.3 is 18.4 Å². The summed E-state index contributed by atoms with van der Waals surface area (Å²) in [6.07, 6.45) is 2.08. The quantitative estimate of drug-likeness (QED) is 0.266. The smallest absolute Gasteiger partial charge is 0.359 e. The first-order chi connectivity index (χ1) is 14.4. The second kappa shape index (κ2) is 12.2. The van der Waals surface area contributed by atoms with E-state index >= 15 is 0 Å². The summed E-state index contributed by atoms with van der Waals surface area (Å²) in [6, 6.07) is 7.25. The van der Waals surface area contributed by atoms with Crippen molar-refractivity contribution in [2.75, 3.05) is 12.4 Å². The largest absolute Gasteiger partial charge is 0.479 e. The number of hydrogen-bond donors (Lipinski definition) is 0. The summed E-state index contributed by atoms with van der Waals surface area (Å²) in [5, 5.41) is 0.163. The van der Waals surface area contributed by atoms with Crippen molar-refractivity contribution in [1.29, 1.82) is 0 Å². The van der Waals surface area contributed by atoms with Crippen LogP contribution < -0.4 is 9.47 Å². The molecule has 0 saturated heterocycles. The number of esters is 1. The second-order valence-electron chi connectivity index (χ2n) is 6.01. The van der Waals surface area contributed by atoms with Gasteiger partial charge in [-0.05, 0) is 43.7 Å². The SMILES string of the molecule is CCCCOC(=O)CSOC(=O)C(C)Oc1ccc(Oc2ncc(Cl)cc2F)cc1. The molecule has 1 unspecified atom stereocenters. The number of rotatable bonds is 11. The summed E-state index contributed by atoms with van der Waals surface area (Å²) in [4.78, 5) is 27.2. The topological polar surface area (TPSA) is 84.0 Å². The molecule has 1 aromatic heterocycles. The first-order valence-electron chi connectivity index (χ1n) is 9.13. The molecular weight excluding hydrogens is 437 g/mol. The summed E-state index contributed by atoms with van der Waals surface area (Å²) in [7, 11) is 0. The molecule has 10 heteroatoms. The van der Waals surface area contributed by atoms with Gasteiger partial charge in [0.25, 0.3) is 5.88 Å². The molecule has 30 heavy (non-hydrogen) atoms. The number of carbonyl (C=O) groups excluding carboxylic acids is 2. The summed E-state index contributed by atoms with van der Waals surface area (Å²) < 4.78 is 34.5. The summed E-state index contributed by atoms with van der Waals surface area (Å²) >= 11 is 6.35. The maximum atomic E-state index is 13.7. The first-order valence-corrected chi connectivity index (χ1v) is 10.4. The molecule has 0 amide bonds. The Hall–Kier alpha value is -2.52. The van der Waals surface area contributed by atoms with Crippen LogP contribution in [0.15, 0.2) is 36.5 Å². The van der Waals surface area contributed by atoms with Gasteiger partial charge in [0.05, 0.1) is 23.7 Å². The van der Waals surface area contributed by atoms with Crippen LogP contribution in [0.5, 0.6) is 17.4 Å². The summed E-state index contributed by atoms with van der Waals surface area (Å²) in [6.45, 7) is 3.85. The van der Waals surface area contributed by atoms with Crippen LogP contribution in [0.1, 0.15) is 26.7 Å². The number of hydrogen-bond acceptors (Lipinski definition) is 8. The molecule has 7 nitrogen and oxygen atoms in total. The van der Waals surface area contributed by atoms with Crippen LogP contribution in [0.2, 0.25) is 5.02 Å². The van der Waals surface area contributed by atoms with E-state index in [2.05, 4.69) is 4.98 Å². The van der Waals surface area contributed by atoms with Gasteiger partial charge in [0, 0.05) is 6.20 Å². The molecule has 0 saturated carbocycles. The van der Waals surface area contributed by atoms with E-state index in [0.717, 1.165) is 18.9 Å². The molecule has 0 aliphatic rings. The van der Waals surface area contributed by atoms with Crippen LogP contribution in [-0.4, -0.2) is 35.4 Å². The minimum Gasteiger partial charge on any atom is -0.479 e. The van der Waals surface area contributed by atoms with Crippen molar-refractivity contribution in [2.45, 2.75) is 32.8 Å². The minimum atomic E-state index is -0.907. The number of halogens is 2. The molecule has 0 N–H and O–H groups in total. The zero-order valence-corrected chi connectivity index (χ0v) is 18.0. The fourth-order valence-corrected chi connectivity index (χ4v) is 2.64. The van der Waals surface area contributed by atoms with Gasteiger partial charge in [-0.2, -0.15) is 0 Å². The standard InChI is InChI=1S/C20H21ClFNO6S/c1-3-4-9-26-18(24)12-30-29-20(25)13(2)27-15-5-7-16(8-6-15)28-19-17(22)10-14(21)11-23-19/h5-8,10-11,13H,3-4,9,12H2,1-2H3. The third-order valence-electron chi connectivity index (χ3n) is 3.54. The Morgan fingerprint density at radius 1 is 1.23 bits per heavy atom. The Morgan fingerprint density at radius 2 is 1.93 bits per heavy atom. The number of aromatic nitrogens is 1. The van der Waals surface area contributed by atoms with Crippen LogP contribution in [0, 0.1) is 5.82 Å². The molecule has 0 aliphatic heterocycles. The normalized spacial score (nSPS) is 11.5. The Morgan fingerprint density at radius 3 is 2.60 bits per heavy atom. The Kier molecular flexibility index (Phi) is 9.69. The van der Waals surface area contributed by atoms with Gasteiger partial charge >= 0.3 is 11.9 Å². The lowest BCUT2D eigenvalue weighted by atomic mass is 10.3. The van der Waals surface area contributed by atoms with E-state index in [-0.39, 0.29) is 16.7 Å². The van der Waals surface area contributed by atoms with Crippen molar-refractivity contribution in [2.24, 2.45) is 0 Å². The van der Waals surface area contributed by atoms with Crippen LogP contribution in [0.25, 0.3) is 0 Å². The average Bonchev–Trinajstić information content (AvgIpc) is 2.71. The Balaban J connectivity index is 1.77. The van der Waals surface area contributed by atoms with Crippen LogP contribution >= 0.6 is 23.6 Å². The number of unbranched alkanes of at least 4 members (excludes halogenated alkanes) is 1. The number of carbonyl (C=O) groups is 2. The average molecular weight is 458 g/mol. The highest BCUT2D eigenvalue weighted by Gasteiger charge is 2.18. The zero-order valence-electron chi connectivity index (χ0n) is 16.4. The van der Waals surface area contributed by atoms with E-state index < -0.39 is 23.9 Å². The van der Waals surface area contributed by atoms with E-state index in [4.69, 9.17) is 30.0 Å². The molecule has 0 aliphatic carbocycles. The van der Waals surface area contributed by atoms with Gasteiger partial charge in [-0.15, -0.1) is 0 Å². The third-order valence-corrected chi connectivity index (χ3v) is 4.38. The monoisotopic (exact) mass is 457 g/mol. The molecule has 162 valence electrons. The highest BCUT2D eigenvalue weighted by Crippen LogP contribution is 2.26. The van der Waals surface area contributed by atoms with Crippen molar-refractivity contribution in [3.8, 4) is 17.4 Å². The predicted octanol–water partition coefficient (Wildman–Crippen LogP) is 4.97. The molecule has 1 heterocycles. The molecule has 2 rings (SSSR count). The summed E-state index contributed by atoms with van der Waals surface area (Å²) in [5.74, 6) is -1.39. The highest BCUT2D eigenvalue weighted by molar-refractivity contribution is 7.95. The number of ether oxygens (including phenoxy) is 3. The van der Waals surface area contributed by atoms with Gasteiger partial charge in [-0.3, -0.25) is 4.79 Å². The molecule has 0 fully saturated rings. The van der Waals surface area contributed by atoms with E-state index in [1.807, 2.05) is 6.92 Å². The zero-order chi connectivity index (χ0) is 21.9. The fourth-order valence-electron chi connectivity index (χ4n) is 2.00. The number of pyridine rings is 1. The number of benzene rings is 1. The van der Waals surface area contributed by atoms with Gasteiger partial charge in [-0.25, -0.2) is 14.2 Å². The molecule has 0 bridgehead atoms. The van der Waals surface area contributed by atoms with Crippen LogP contribution in [-0.2, 0) is 18.5 Å². The van der Waals surface area contributed by atoms with Gasteiger partial charge in [0.2, 0.25) is 0 Å². The molecular formula is C20H21ClFNO6S. The van der Waals surface area contributed by atoms with Crippen molar-refractivity contribution < 1.29 is 32.4 Å². The van der Waals surface area contributed by atoms with E-state index in [9.17, 15) is 14.0 Å². The highest BCUT2D eigenvalue weighted by atomic mass is 35.5. The predicted molar refractivity (Wildman–Crippen MR) is 110 cm³/mol. The van der Waals surface area contributed by atoms with Crippen molar-refractivity contribution in [1.82, 2.24) is 4.98 Å². The van der Waals surface area contributed by atoms with E-state index in [1.54, 1.807) is 12.1 Å². The van der Waals surface area contributed by atoms with Gasteiger partial charge in [-0.1, -0.05) is 24.9 Å². The van der Waals surface area contributed by atoms with Crippen LogP contribution in [0.4, 0.5) is 4.39 Å². The minimum absolute atomic E-state index is 0.0937. The Bertz CT molecular complexity index is 852. The fraction of sp³-hybridized carbons (Fsp3) is 0.350. The van der Waals surface area contributed by atoms with E-state index in [0.29, 0.717) is 30.1 Å². The molecule has 0 radical (unpaired) electrons. The lowest BCUT2D eigenvalue weighted by Gasteiger charge is -2.13. The third kappa shape index (κ3) is 8.08. The number of nitrogens with zero attached hydrogens (tertiary/aromatic N) is 1. The molecule has 1 aromatic carbocycles. The molecule has 0 spiro atoms. The maximum Gasteiger partial charge on any atom is 0.359 e. The van der Waals surface area contributed by atoms with Crippen molar-refractivity contribution in [3.63, 3.8) is 0 Å². The molecule has 2 aromatic rings.